The normalized spacial score (nSPS) is 15.3. The molecule has 0 aliphatic rings. The first-order chi connectivity index (χ1) is 6.94. The van der Waals surface area contributed by atoms with Gasteiger partial charge in [-0.2, -0.15) is 5.10 Å². The molecule has 4 nitrogen and oxygen atoms in total. The summed E-state index contributed by atoms with van der Waals surface area (Å²) in [6.45, 7) is 4.65. The van der Waals surface area contributed by atoms with Gasteiger partial charge in [0, 0.05) is 19.3 Å². The highest BCUT2D eigenvalue weighted by atomic mass is 35.5. The van der Waals surface area contributed by atoms with E-state index in [1.54, 1.807) is 17.8 Å². The van der Waals surface area contributed by atoms with Crippen LogP contribution in [0, 0.1) is 6.92 Å². The molecule has 1 unspecified atom stereocenters. The van der Waals surface area contributed by atoms with E-state index in [4.69, 9.17) is 17.3 Å². The van der Waals surface area contributed by atoms with E-state index in [0.717, 1.165) is 18.7 Å². The lowest BCUT2D eigenvalue weighted by Crippen LogP contribution is -2.34. The first-order valence-electron chi connectivity index (χ1n) is 5.06. The van der Waals surface area contributed by atoms with Crippen molar-refractivity contribution in [2.45, 2.75) is 38.8 Å². The van der Waals surface area contributed by atoms with E-state index < -0.39 is 5.60 Å². The van der Waals surface area contributed by atoms with Gasteiger partial charge in [-0.25, -0.2) is 0 Å². The van der Waals surface area contributed by atoms with Crippen LogP contribution in [-0.4, -0.2) is 27.0 Å². The molecule has 0 radical (unpaired) electrons. The summed E-state index contributed by atoms with van der Waals surface area (Å²) in [5.41, 5.74) is 5.48. The fraction of sp³-hybridized carbons (Fsp3) is 0.700. The number of aliphatic hydroxyl groups is 1. The second-order valence-corrected chi connectivity index (χ2v) is 4.54. The van der Waals surface area contributed by atoms with Gasteiger partial charge in [-0.1, -0.05) is 11.6 Å². The zero-order valence-electron chi connectivity index (χ0n) is 9.20. The Morgan fingerprint density at radius 3 is 2.80 bits per heavy atom. The fourth-order valence-electron chi connectivity index (χ4n) is 1.33. The molecule has 1 aromatic heterocycles. The molecule has 0 saturated carbocycles. The molecule has 5 heteroatoms. The Bertz CT molecular complexity index is 303. The zero-order valence-corrected chi connectivity index (χ0v) is 9.96. The van der Waals surface area contributed by atoms with Gasteiger partial charge in [-0.05, 0) is 26.7 Å². The van der Waals surface area contributed by atoms with Gasteiger partial charge in [-0.15, -0.1) is 0 Å². The van der Waals surface area contributed by atoms with Crippen molar-refractivity contribution >= 4 is 11.6 Å². The Balaban J connectivity index is 2.38. The first-order valence-corrected chi connectivity index (χ1v) is 5.44. The Morgan fingerprint density at radius 2 is 2.33 bits per heavy atom. The molecule has 0 aliphatic carbocycles. The van der Waals surface area contributed by atoms with E-state index in [1.807, 2.05) is 6.92 Å². The summed E-state index contributed by atoms with van der Waals surface area (Å²) < 4.78 is 1.80. The number of nitrogens with zero attached hydrogens (tertiary/aromatic N) is 2. The van der Waals surface area contributed by atoms with E-state index >= 15 is 0 Å². The van der Waals surface area contributed by atoms with E-state index in [9.17, 15) is 5.11 Å². The number of nitrogens with two attached hydrogens (primary N) is 1. The second kappa shape index (κ2) is 4.96. The Kier molecular flexibility index (Phi) is 4.13. The van der Waals surface area contributed by atoms with Crippen LogP contribution in [0.15, 0.2) is 6.20 Å². The second-order valence-electron chi connectivity index (χ2n) is 4.13. The summed E-state index contributed by atoms with van der Waals surface area (Å²) >= 11 is 5.87. The largest absolute Gasteiger partial charge is 0.389 e. The average molecular weight is 232 g/mol. The monoisotopic (exact) mass is 231 g/mol. The molecule has 1 heterocycles. The molecule has 1 rings (SSSR count). The molecule has 1 aromatic rings. The van der Waals surface area contributed by atoms with E-state index in [1.165, 1.54) is 0 Å². The zero-order chi connectivity index (χ0) is 11.5. The van der Waals surface area contributed by atoms with Gasteiger partial charge in [0.05, 0.1) is 16.3 Å². The first kappa shape index (κ1) is 12.5. The molecule has 0 amide bonds. The smallest absolute Gasteiger partial charge is 0.0814 e. The highest BCUT2D eigenvalue weighted by Gasteiger charge is 2.17. The van der Waals surface area contributed by atoms with E-state index in [2.05, 4.69) is 5.10 Å². The molecule has 0 spiro atoms. The van der Waals surface area contributed by atoms with Crippen molar-refractivity contribution in [3.05, 3.63) is 16.9 Å². The number of rotatable bonds is 5. The molecular formula is C10H18ClN3O. The molecule has 15 heavy (non-hydrogen) atoms. The molecule has 0 aliphatic heterocycles. The van der Waals surface area contributed by atoms with Crippen LogP contribution in [0.2, 0.25) is 5.02 Å². The maximum atomic E-state index is 9.68. The van der Waals surface area contributed by atoms with Gasteiger partial charge in [0.1, 0.15) is 0 Å². The predicted octanol–water partition coefficient (Wildman–Crippen LogP) is 1.33. The van der Waals surface area contributed by atoms with Gasteiger partial charge < -0.3 is 10.8 Å². The van der Waals surface area contributed by atoms with Gasteiger partial charge >= 0.3 is 0 Å². The minimum atomic E-state index is -0.772. The van der Waals surface area contributed by atoms with Crippen LogP contribution < -0.4 is 5.73 Å². The van der Waals surface area contributed by atoms with Gasteiger partial charge in [0.15, 0.2) is 0 Å². The lowest BCUT2D eigenvalue weighted by molar-refractivity contribution is 0.0563. The fourth-order valence-corrected chi connectivity index (χ4v) is 1.48. The Labute approximate surface area is 95.0 Å². The van der Waals surface area contributed by atoms with Crippen molar-refractivity contribution in [3.63, 3.8) is 0 Å². The van der Waals surface area contributed by atoms with Crippen LogP contribution in [0.1, 0.15) is 25.5 Å². The summed E-state index contributed by atoms with van der Waals surface area (Å²) in [5.74, 6) is 0. The molecular weight excluding hydrogens is 214 g/mol. The summed E-state index contributed by atoms with van der Waals surface area (Å²) in [4.78, 5) is 0. The molecule has 3 N–H and O–H groups in total. The minimum Gasteiger partial charge on any atom is -0.389 e. The van der Waals surface area contributed by atoms with Gasteiger partial charge in [0.2, 0.25) is 0 Å². The van der Waals surface area contributed by atoms with Crippen LogP contribution in [0.4, 0.5) is 0 Å². The maximum absolute atomic E-state index is 9.68. The molecule has 0 bridgehead atoms. The number of hydrogen-bond donors (Lipinski definition) is 2. The number of halogens is 1. The third-order valence-electron chi connectivity index (χ3n) is 2.43. The lowest BCUT2D eigenvalue weighted by Gasteiger charge is -2.20. The van der Waals surface area contributed by atoms with Crippen molar-refractivity contribution in [2.24, 2.45) is 5.73 Å². The summed E-state index contributed by atoms with van der Waals surface area (Å²) in [7, 11) is 0. The van der Waals surface area contributed by atoms with Crippen molar-refractivity contribution < 1.29 is 5.11 Å². The third kappa shape index (κ3) is 3.81. The van der Waals surface area contributed by atoms with Crippen LogP contribution in [0.3, 0.4) is 0 Å². The highest BCUT2D eigenvalue weighted by Crippen LogP contribution is 2.14. The Hall–Kier alpha value is -0.580. The molecule has 86 valence electrons. The summed E-state index contributed by atoms with van der Waals surface area (Å²) in [6.07, 6.45) is 3.30. The van der Waals surface area contributed by atoms with Gasteiger partial charge in [0.25, 0.3) is 0 Å². The number of aryl methyl sites for hydroxylation is 2. The van der Waals surface area contributed by atoms with Crippen molar-refractivity contribution in [1.29, 1.82) is 0 Å². The van der Waals surface area contributed by atoms with E-state index in [-0.39, 0.29) is 6.54 Å². The minimum absolute atomic E-state index is 0.284. The van der Waals surface area contributed by atoms with Crippen molar-refractivity contribution in [1.82, 2.24) is 9.78 Å². The van der Waals surface area contributed by atoms with Crippen molar-refractivity contribution in [3.8, 4) is 0 Å². The molecule has 0 aromatic carbocycles. The summed E-state index contributed by atoms with van der Waals surface area (Å²) in [6, 6.07) is 0. The third-order valence-corrected chi connectivity index (χ3v) is 2.80. The van der Waals surface area contributed by atoms with Crippen LogP contribution in [0.25, 0.3) is 0 Å². The highest BCUT2D eigenvalue weighted by molar-refractivity contribution is 6.31. The number of hydrogen-bond acceptors (Lipinski definition) is 3. The topological polar surface area (TPSA) is 64.1 Å². The molecule has 1 atom stereocenters. The average Bonchev–Trinajstić information content (AvgIpc) is 2.46. The quantitative estimate of drug-likeness (QED) is 0.804. The van der Waals surface area contributed by atoms with Crippen molar-refractivity contribution in [2.75, 3.05) is 6.54 Å². The Morgan fingerprint density at radius 1 is 1.67 bits per heavy atom. The van der Waals surface area contributed by atoms with Crippen LogP contribution >= 0.6 is 11.6 Å². The van der Waals surface area contributed by atoms with Crippen LogP contribution in [-0.2, 0) is 6.54 Å². The van der Waals surface area contributed by atoms with Gasteiger partial charge in [-0.3, -0.25) is 4.68 Å². The standard InChI is InChI=1S/C10H18ClN3O/c1-8-9(11)6-14(13-8)5-3-4-10(2,15)7-12/h6,15H,3-5,7,12H2,1-2H3. The molecule has 0 saturated heterocycles. The molecule has 0 fully saturated rings. The SMILES string of the molecule is Cc1nn(CCCC(C)(O)CN)cc1Cl. The van der Waals surface area contributed by atoms with Crippen LogP contribution in [0.5, 0.6) is 0 Å². The predicted molar refractivity (Wildman–Crippen MR) is 60.9 cm³/mol. The maximum Gasteiger partial charge on any atom is 0.0814 e. The summed E-state index contributed by atoms with van der Waals surface area (Å²) in [5, 5.41) is 14.6. The van der Waals surface area contributed by atoms with E-state index in [0.29, 0.717) is 11.4 Å². The number of aromatic nitrogens is 2. The lowest BCUT2D eigenvalue weighted by atomic mass is 10.0.